The number of rotatable bonds is 13. The molecule has 0 amide bonds. The van der Waals surface area contributed by atoms with Gasteiger partial charge in [0.2, 0.25) is 5.88 Å². The van der Waals surface area contributed by atoms with Crippen LogP contribution in [0.3, 0.4) is 0 Å². The highest BCUT2D eigenvalue weighted by molar-refractivity contribution is 6.34. The molecule has 0 aliphatic heterocycles. The van der Waals surface area contributed by atoms with Crippen LogP contribution in [-0.2, 0) is 16.1 Å². The van der Waals surface area contributed by atoms with Crippen LogP contribution in [0.2, 0.25) is 5.02 Å². The van der Waals surface area contributed by atoms with Crippen LogP contribution in [0.25, 0.3) is 22.6 Å². The SMILES string of the molecule is COc1ccc(F)cc1Cn1c(-c2cccc(OCCCOCC(=O)O)c2Cl)nc2c(OC3(C)CC3)ncnc21. The Kier molecular flexibility index (Phi) is 8.04. The summed E-state index contributed by atoms with van der Waals surface area (Å²) < 4.78 is 38.7. The number of imidazole rings is 1. The number of carboxylic acid groups (broad SMARTS) is 1. The van der Waals surface area contributed by atoms with Crippen molar-refractivity contribution in [3.8, 4) is 28.8 Å². The highest BCUT2D eigenvalue weighted by Gasteiger charge is 2.41. The molecule has 5 rings (SSSR count). The molecule has 1 aliphatic carbocycles. The van der Waals surface area contributed by atoms with Crippen LogP contribution >= 0.6 is 11.6 Å². The van der Waals surface area contributed by atoms with E-state index in [2.05, 4.69) is 9.97 Å². The molecular weight excluding hydrogens is 543 g/mol. The molecule has 1 saturated carbocycles. The maximum Gasteiger partial charge on any atom is 0.329 e. The fourth-order valence-corrected chi connectivity index (χ4v) is 4.46. The third-order valence-corrected chi connectivity index (χ3v) is 6.88. The number of hydrogen-bond acceptors (Lipinski definition) is 8. The molecule has 0 saturated heterocycles. The highest BCUT2D eigenvalue weighted by atomic mass is 35.5. The summed E-state index contributed by atoms with van der Waals surface area (Å²) in [5, 5.41) is 9.01. The number of nitrogens with zero attached hydrogens (tertiary/aromatic N) is 4. The Morgan fingerprint density at radius 2 is 2.00 bits per heavy atom. The van der Waals surface area contributed by atoms with Gasteiger partial charge in [-0.15, -0.1) is 0 Å². The van der Waals surface area contributed by atoms with E-state index in [0.717, 1.165) is 12.8 Å². The van der Waals surface area contributed by atoms with Crippen LogP contribution in [-0.4, -0.2) is 63.1 Å². The van der Waals surface area contributed by atoms with Crippen LogP contribution in [0.15, 0.2) is 42.7 Å². The van der Waals surface area contributed by atoms with Gasteiger partial charge in [0.1, 0.15) is 41.7 Å². The first-order valence-corrected chi connectivity index (χ1v) is 13.1. The van der Waals surface area contributed by atoms with Gasteiger partial charge in [-0.05, 0) is 50.1 Å². The number of benzene rings is 2. The van der Waals surface area contributed by atoms with E-state index in [-0.39, 0.29) is 32.0 Å². The van der Waals surface area contributed by atoms with E-state index in [4.69, 9.17) is 40.6 Å². The van der Waals surface area contributed by atoms with E-state index >= 15 is 0 Å². The number of halogens is 2. The van der Waals surface area contributed by atoms with Crippen LogP contribution in [0.4, 0.5) is 4.39 Å². The largest absolute Gasteiger partial charge is 0.496 e. The third-order valence-electron chi connectivity index (χ3n) is 6.49. The molecule has 0 bridgehead atoms. The van der Waals surface area contributed by atoms with E-state index in [1.807, 2.05) is 17.6 Å². The molecule has 2 aromatic heterocycles. The zero-order chi connectivity index (χ0) is 28.3. The van der Waals surface area contributed by atoms with Crippen molar-refractivity contribution in [1.82, 2.24) is 19.5 Å². The summed E-state index contributed by atoms with van der Waals surface area (Å²) in [7, 11) is 1.53. The molecule has 0 atom stereocenters. The van der Waals surface area contributed by atoms with Gasteiger partial charge in [-0.1, -0.05) is 17.7 Å². The molecular formula is C28H28ClFN4O6. The van der Waals surface area contributed by atoms with Crippen LogP contribution in [0, 0.1) is 5.82 Å². The predicted octanol–water partition coefficient (Wildman–Crippen LogP) is 5.14. The average molecular weight is 571 g/mol. The Labute approximate surface area is 234 Å². The quantitative estimate of drug-likeness (QED) is 0.218. The van der Waals surface area contributed by atoms with Gasteiger partial charge in [-0.3, -0.25) is 0 Å². The van der Waals surface area contributed by atoms with Gasteiger partial charge < -0.3 is 28.6 Å². The number of fused-ring (bicyclic) bond motifs is 1. The summed E-state index contributed by atoms with van der Waals surface area (Å²) in [5.41, 5.74) is 1.81. The zero-order valence-corrected chi connectivity index (χ0v) is 22.8. The number of hydrogen-bond donors (Lipinski definition) is 1. The van der Waals surface area contributed by atoms with Gasteiger partial charge in [-0.2, -0.15) is 4.98 Å². The van der Waals surface area contributed by atoms with Crippen molar-refractivity contribution in [3.63, 3.8) is 0 Å². The predicted molar refractivity (Wildman–Crippen MR) is 145 cm³/mol. The van der Waals surface area contributed by atoms with Crippen molar-refractivity contribution in [2.24, 2.45) is 0 Å². The number of carbonyl (C=O) groups is 1. The normalized spacial score (nSPS) is 13.8. The van der Waals surface area contributed by atoms with E-state index in [9.17, 15) is 9.18 Å². The average Bonchev–Trinajstić information content (AvgIpc) is 3.54. The summed E-state index contributed by atoms with van der Waals surface area (Å²) in [4.78, 5) is 24.3. The van der Waals surface area contributed by atoms with Crippen molar-refractivity contribution in [1.29, 1.82) is 0 Å². The second kappa shape index (κ2) is 11.6. The van der Waals surface area contributed by atoms with Crippen molar-refractivity contribution < 1.29 is 33.2 Å². The molecule has 4 aromatic rings. The summed E-state index contributed by atoms with van der Waals surface area (Å²) >= 11 is 6.83. The number of methoxy groups -OCH3 is 1. The van der Waals surface area contributed by atoms with Gasteiger partial charge >= 0.3 is 5.97 Å². The molecule has 0 unspecified atom stereocenters. The molecule has 1 aliphatic rings. The maximum absolute atomic E-state index is 14.3. The van der Waals surface area contributed by atoms with Crippen molar-refractivity contribution >= 4 is 28.7 Å². The van der Waals surface area contributed by atoms with Crippen molar-refractivity contribution in [2.45, 2.75) is 38.3 Å². The monoisotopic (exact) mass is 570 g/mol. The third kappa shape index (κ3) is 6.10. The van der Waals surface area contributed by atoms with Crippen molar-refractivity contribution in [3.05, 3.63) is 59.1 Å². The number of ether oxygens (including phenoxy) is 4. The van der Waals surface area contributed by atoms with E-state index in [0.29, 0.717) is 56.9 Å². The van der Waals surface area contributed by atoms with Gasteiger partial charge in [0, 0.05) is 17.5 Å². The molecule has 1 fully saturated rings. The van der Waals surface area contributed by atoms with Gasteiger partial charge in [0.15, 0.2) is 11.2 Å². The molecule has 40 heavy (non-hydrogen) atoms. The first-order chi connectivity index (χ1) is 19.3. The molecule has 210 valence electrons. The highest BCUT2D eigenvalue weighted by Crippen LogP contribution is 2.42. The molecule has 2 aromatic carbocycles. The van der Waals surface area contributed by atoms with Crippen LogP contribution in [0.5, 0.6) is 17.4 Å². The van der Waals surface area contributed by atoms with Gasteiger partial charge in [0.05, 0.1) is 31.9 Å². The standard InChI is InChI=1S/C28H28ClFN4O6/c1-28(9-10-28)40-27-24-26(31-16-32-27)34(14-17-13-18(30)7-8-20(17)37-2)25(33-24)19-5-3-6-21(23(19)29)39-12-4-11-38-15-22(35)36/h3,5-8,13,16H,4,9-12,14-15H2,1-2H3,(H,35,36). The summed E-state index contributed by atoms with van der Waals surface area (Å²) in [6.45, 7) is 2.33. The van der Waals surface area contributed by atoms with Crippen molar-refractivity contribution in [2.75, 3.05) is 26.9 Å². The van der Waals surface area contributed by atoms with E-state index < -0.39 is 11.8 Å². The smallest absolute Gasteiger partial charge is 0.329 e. The fourth-order valence-electron chi connectivity index (χ4n) is 4.20. The minimum Gasteiger partial charge on any atom is -0.496 e. The van der Waals surface area contributed by atoms with Crippen LogP contribution < -0.4 is 14.2 Å². The molecule has 2 heterocycles. The second-order valence-corrected chi connectivity index (χ2v) is 10.0. The zero-order valence-electron chi connectivity index (χ0n) is 22.0. The first-order valence-electron chi connectivity index (χ1n) is 12.7. The number of carboxylic acids is 1. The number of aliphatic carboxylic acids is 1. The summed E-state index contributed by atoms with van der Waals surface area (Å²) in [6.07, 6.45) is 3.72. The Balaban J connectivity index is 1.52. The van der Waals surface area contributed by atoms with Gasteiger partial charge in [0.25, 0.3) is 0 Å². The molecule has 10 nitrogen and oxygen atoms in total. The lowest BCUT2D eigenvalue weighted by Gasteiger charge is -2.15. The first kappa shape index (κ1) is 27.6. The molecule has 12 heteroatoms. The molecule has 0 spiro atoms. The minimum atomic E-state index is -1.03. The van der Waals surface area contributed by atoms with Crippen LogP contribution in [0.1, 0.15) is 31.7 Å². The Bertz CT molecular complexity index is 1540. The van der Waals surface area contributed by atoms with Gasteiger partial charge in [-0.25, -0.2) is 19.2 Å². The maximum atomic E-state index is 14.3. The second-order valence-electron chi connectivity index (χ2n) is 9.65. The van der Waals surface area contributed by atoms with E-state index in [1.165, 1.54) is 25.6 Å². The Hall–Kier alpha value is -3.96. The molecule has 0 radical (unpaired) electrons. The summed E-state index contributed by atoms with van der Waals surface area (Å²) in [5.74, 6) is 0.336. The molecule has 1 N–H and O–H groups in total. The fraction of sp³-hybridized carbons (Fsp3) is 0.357. The van der Waals surface area contributed by atoms with E-state index in [1.54, 1.807) is 18.2 Å². The lowest BCUT2D eigenvalue weighted by molar-refractivity contribution is -0.142. The summed E-state index contributed by atoms with van der Waals surface area (Å²) in [6, 6.07) is 9.65. The Morgan fingerprint density at radius 3 is 2.75 bits per heavy atom. The lowest BCUT2D eigenvalue weighted by Crippen LogP contribution is -2.13. The lowest BCUT2D eigenvalue weighted by atomic mass is 10.1. The number of aromatic nitrogens is 4. The minimum absolute atomic E-state index is 0.183. The topological polar surface area (TPSA) is 118 Å². The Morgan fingerprint density at radius 1 is 1.18 bits per heavy atom.